The second-order valence-corrected chi connectivity index (χ2v) is 6.93. The van der Waals surface area contributed by atoms with Gasteiger partial charge in [0, 0.05) is 37.2 Å². The van der Waals surface area contributed by atoms with Gasteiger partial charge in [-0.3, -0.25) is 4.79 Å². The number of nitrogens with zero attached hydrogens (tertiary/aromatic N) is 2. The normalized spacial score (nSPS) is 14.7. The number of amides is 1. The summed E-state index contributed by atoms with van der Waals surface area (Å²) in [5, 5.41) is 1.87. The van der Waals surface area contributed by atoms with E-state index in [2.05, 4.69) is 11.0 Å². The molecule has 1 amide bonds. The molecule has 2 aromatic rings. The second kappa shape index (κ2) is 9.34. The van der Waals surface area contributed by atoms with Gasteiger partial charge < -0.3 is 14.5 Å². The van der Waals surface area contributed by atoms with Crippen LogP contribution < -0.4 is 9.64 Å². The molecule has 2 aromatic carbocycles. The number of rotatable bonds is 6. The van der Waals surface area contributed by atoms with Crippen molar-refractivity contribution in [3.63, 3.8) is 0 Å². The van der Waals surface area contributed by atoms with Crippen LogP contribution in [0.5, 0.6) is 5.75 Å². The Bertz CT molecular complexity index is 741. The predicted octanol–water partition coefficient (Wildman–Crippen LogP) is 4.04. The Labute approximate surface area is 159 Å². The zero-order chi connectivity index (χ0) is 18.2. The minimum absolute atomic E-state index is 0.0752. The predicted molar refractivity (Wildman–Crippen MR) is 108 cm³/mol. The minimum atomic E-state index is 0.0752. The topological polar surface area (TPSA) is 32.8 Å². The maximum absolute atomic E-state index is 12.4. The number of hydrogen-bond donors (Lipinski definition) is 0. The maximum atomic E-state index is 12.4. The smallest absolute Gasteiger partial charge is 0.247 e. The quantitative estimate of drug-likeness (QED) is 0.569. The molecule has 0 spiro atoms. The molecule has 0 unspecified atom stereocenters. The van der Waals surface area contributed by atoms with Crippen molar-refractivity contribution in [1.82, 2.24) is 4.90 Å². The Morgan fingerprint density at radius 3 is 2.46 bits per heavy atom. The third-order valence-corrected chi connectivity index (χ3v) is 5.07. The van der Waals surface area contributed by atoms with Crippen LogP contribution in [-0.2, 0) is 4.79 Å². The SMILES string of the molecule is CCOc1ccccc1N1CCN(C(=O)/C=C/Sc2ccccc2)CC1. The number of carbonyl (C=O) groups excluding carboxylic acids is 1. The van der Waals surface area contributed by atoms with Crippen LogP contribution in [0.25, 0.3) is 0 Å². The molecule has 0 N–H and O–H groups in total. The van der Waals surface area contributed by atoms with Gasteiger partial charge in [0.1, 0.15) is 5.75 Å². The molecule has 0 bridgehead atoms. The van der Waals surface area contributed by atoms with Gasteiger partial charge in [-0.15, -0.1) is 0 Å². The van der Waals surface area contributed by atoms with Crippen molar-refractivity contribution in [3.8, 4) is 5.75 Å². The van der Waals surface area contributed by atoms with Crippen LogP contribution in [-0.4, -0.2) is 43.6 Å². The van der Waals surface area contributed by atoms with E-state index in [0.29, 0.717) is 6.61 Å². The lowest BCUT2D eigenvalue weighted by Crippen LogP contribution is -2.48. The first-order valence-electron chi connectivity index (χ1n) is 8.92. The van der Waals surface area contributed by atoms with Crippen LogP contribution in [0.1, 0.15) is 6.92 Å². The molecule has 0 saturated carbocycles. The van der Waals surface area contributed by atoms with Crippen molar-refractivity contribution in [2.24, 2.45) is 0 Å². The van der Waals surface area contributed by atoms with E-state index in [0.717, 1.165) is 42.5 Å². The molecule has 0 aromatic heterocycles. The fourth-order valence-electron chi connectivity index (χ4n) is 2.94. The van der Waals surface area contributed by atoms with Gasteiger partial charge in [-0.2, -0.15) is 0 Å². The highest BCUT2D eigenvalue weighted by atomic mass is 32.2. The van der Waals surface area contributed by atoms with Gasteiger partial charge in [0.15, 0.2) is 0 Å². The van der Waals surface area contributed by atoms with Gasteiger partial charge in [0.2, 0.25) is 5.91 Å². The third-order valence-electron chi connectivity index (χ3n) is 4.26. The molecular formula is C21H24N2O2S. The van der Waals surface area contributed by atoms with Gasteiger partial charge in [-0.1, -0.05) is 42.1 Å². The summed E-state index contributed by atoms with van der Waals surface area (Å²) in [5.74, 6) is 0.986. The molecule has 1 aliphatic rings. The number of thioether (sulfide) groups is 1. The van der Waals surface area contributed by atoms with Crippen molar-refractivity contribution >= 4 is 23.4 Å². The van der Waals surface area contributed by atoms with Crippen molar-refractivity contribution in [2.75, 3.05) is 37.7 Å². The highest BCUT2D eigenvalue weighted by Gasteiger charge is 2.21. The van der Waals surface area contributed by atoms with E-state index in [-0.39, 0.29) is 5.91 Å². The second-order valence-electron chi connectivity index (χ2n) is 5.95. The first-order valence-corrected chi connectivity index (χ1v) is 9.80. The molecule has 0 atom stereocenters. The van der Waals surface area contributed by atoms with E-state index in [1.54, 1.807) is 17.8 Å². The number of carbonyl (C=O) groups is 1. The molecular weight excluding hydrogens is 344 g/mol. The Balaban J connectivity index is 1.52. The summed E-state index contributed by atoms with van der Waals surface area (Å²) in [6.07, 6.45) is 1.67. The fourth-order valence-corrected chi connectivity index (χ4v) is 3.59. The molecule has 136 valence electrons. The number of anilines is 1. The van der Waals surface area contributed by atoms with E-state index in [1.165, 1.54) is 0 Å². The molecule has 0 aliphatic carbocycles. The molecule has 4 nitrogen and oxygen atoms in total. The zero-order valence-electron chi connectivity index (χ0n) is 15.0. The highest BCUT2D eigenvalue weighted by molar-refractivity contribution is 8.02. The van der Waals surface area contributed by atoms with Gasteiger partial charge in [0.05, 0.1) is 12.3 Å². The van der Waals surface area contributed by atoms with Crippen LogP contribution in [0.2, 0.25) is 0 Å². The molecule has 1 aliphatic heterocycles. The Hall–Kier alpha value is -2.40. The van der Waals surface area contributed by atoms with Crippen molar-refractivity contribution < 1.29 is 9.53 Å². The van der Waals surface area contributed by atoms with Crippen molar-refractivity contribution in [3.05, 3.63) is 66.1 Å². The van der Waals surface area contributed by atoms with Crippen LogP contribution in [0.15, 0.2) is 71.0 Å². The third kappa shape index (κ3) is 4.82. The molecule has 1 saturated heterocycles. The van der Waals surface area contributed by atoms with Gasteiger partial charge >= 0.3 is 0 Å². The van der Waals surface area contributed by atoms with Crippen LogP contribution in [0, 0.1) is 0 Å². The van der Waals surface area contributed by atoms with E-state index in [9.17, 15) is 4.79 Å². The lowest BCUT2D eigenvalue weighted by Gasteiger charge is -2.36. The number of benzene rings is 2. The Morgan fingerprint density at radius 1 is 1.04 bits per heavy atom. The zero-order valence-corrected chi connectivity index (χ0v) is 15.8. The summed E-state index contributed by atoms with van der Waals surface area (Å²) in [7, 11) is 0. The Kier molecular flexibility index (Phi) is 6.61. The summed E-state index contributed by atoms with van der Waals surface area (Å²) in [4.78, 5) is 17.7. The van der Waals surface area contributed by atoms with E-state index >= 15 is 0 Å². The van der Waals surface area contributed by atoms with Gasteiger partial charge in [0.25, 0.3) is 0 Å². The van der Waals surface area contributed by atoms with Gasteiger partial charge in [-0.25, -0.2) is 0 Å². The molecule has 0 radical (unpaired) electrons. The first kappa shape index (κ1) is 18.4. The number of piperazine rings is 1. The molecule has 5 heteroatoms. The Morgan fingerprint density at radius 2 is 1.73 bits per heavy atom. The average molecular weight is 369 g/mol. The standard InChI is InChI=1S/C21H24N2O2S/c1-2-25-20-11-7-6-10-19(20)22-13-15-23(16-14-22)21(24)12-17-26-18-8-4-3-5-9-18/h3-12,17H,2,13-16H2,1H3/b17-12+. The summed E-state index contributed by atoms with van der Waals surface area (Å²) in [6, 6.07) is 18.2. The van der Waals surface area contributed by atoms with Crippen molar-refractivity contribution in [1.29, 1.82) is 0 Å². The van der Waals surface area contributed by atoms with Gasteiger partial charge in [-0.05, 0) is 36.6 Å². The maximum Gasteiger partial charge on any atom is 0.247 e. The van der Waals surface area contributed by atoms with Crippen LogP contribution in [0.4, 0.5) is 5.69 Å². The number of ether oxygens (including phenoxy) is 1. The average Bonchev–Trinajstić information content (AvgIpc) is 2.70. The fraction of sp³-hybridized carbons (Fsp3) is 0.286. The van der Waals surface area contributed by atoms with E-state index in [4.69, 9.17) is 4.74 Å². The molecule has 3 rings (SSSR count). The largest absolute Gasteiger partial charge is 0.492 e. The summed E-state index contributed by atoms with van der Waals surface area (Å²) in [5.41, 5.74) is 1.11. The lowest BCUT2D eigenvalue weighted by atomic mass is 10.2. The molecule has 1 heterocycles. The van der Waals surface area contributed by atoms with Crippen LogP contribution in [0.3, 0.4) is 0 Å². The summed E-state index contributed by atoms with van der Waals surface area (Å²) < 4.78 is 5.72. The highest BCUT2D eigenvalue weighted by Crippen LogP contribution is 2.28. The van der Waals surface area contributed by atoms with Crippen molar-refractivity contribution in [2.45, 2.75) is 11.8 Å². The number of hydrogen-bond acceptors (Lipinski definition) is 4. The minimum Gasteiger partial charge on any atom is -0.492 e. The lowest BCUT2D eigenvalue weighted by molar-refractivity contribution is -0.126. The van der Waals surface area contributed by atoms with E-state index < -0.39 is 0 Å². The van der Waals surface area contributed by atoms with E-state index in [1.807, 2.05) is 65.8 Å². The molecule has 1 fully saturated rings. The first-order chi connectivity index (χ1) is 12.8. The van der Waals surface area contributed by atoms with Crippen LogP contribution >= 0.6 is 11.8 Å². The summed E-state index contributed by atoms with van der Waals surface area (Å²) in [6.45, 7) is 5.72. The number of para-hydroxylation sites is 2. The molecule has 26 heavy (non-hydrogen) atoms. The monoisotopic (exact) mass is 368 g/mol. The summed E-state index contributed by atoms with van der Waals surface area (Å²) >= 11 is 1.56.